The van der Waals surface area contributed by atoms with Gasteiger partial charge in [-0.3, -0.25) is 9.59 Å². The van der Waals surface area contributed by atoms with Crippen molar-refractivity contribution < 1.29 is 24.2 Å². The summed E-state index contributed by atoms with van der Waals surface area (Å²) in [7, 11) is 1.47. The number of ether oxygens (including phenoxy) is 1. The lowest BCUT2D eigenvalue weighted by Gasteiger charge is -2.23. The first-order valence-corrected chi connectivity index (χ1v) is 7.79. The quantitative estimate of drug-likeness (QED) is 0.756. The lowest BCUT2D eigenvalue weighted by molar-refractivity contribution is -0.140. The molecule has 7 nitrogen and oxygen atoms in total. The number of aryl methyl sites for hydroxylation is 1. The van der Waals surface area contributed by atoms with E-state index in [9.17, 15) is 19.5 Å². The van der Waals surface area contributed by atoms with E-state index in [0.717, 1.165) is 0 Å². The SMILES string of the molecule is CCN(CC)C(=O)CN(C)C(=O)COC(=O)c1cccc(C)c1O. The van der Waals surface area contributed by atoms with Gasteiger partial charge in [0.1, 0.15) is 11.3 Å². The third-order valence-corrected chi connectivity index (χ3v) is 3.70. The second-order valence-electron chi connectivity index (χ2n) is 5.36. The Labute approximate surface area is 141 Å². The number of phenols is 1. The zero-order chi connectivity index (χ0) is 18.3. The van der Waals surface area contributed by atoms with E-state index < -0.39 is 18.5 Å². The molecule has 1 N–H and O–H groups in total. The third kappa shape index (κ3) is 4.97. The smallest absolute Gasteiger partial charge is 0.342 e. The average molecular weight is 336 g/mol. The second-order valence-corrected chi connectivity index (χ2v) is 5.36. The second kappa shape index (κ2) is 8.90. The number of carbonyl (C=O) groups excluding carboxylic acids is 3. The number of rotatable bonds is 7. The molecule has 7 heteroatoms. The van der Waals surface area contributed by atoms with Crippen LogP contribution in [0.2, 0.25) is 0 Å². The zero-order valence-corrected chi connectivity index (χ0v) is 14.5. The number of para-hydroxylation sites is 1. The molecule has 0 fully saturated rings. The monoisotopic (exact) mass is 336 g/mol. The summed E-state index contributed by atoms with van der Waals surface area (Å²) in [4.78, 5) is 38.7. The summed E-state index contributed by atoms with van der Waals surface area (Å²) in [6, 6.07) is 4.69. The standard InChI is InChI=1S/C17H24N2O5/c1-5-19(6-2)14(20)10-18(4)15(21)11-24-17(23)13-9-7-8-12(3)16(13)22/h7-9,22H,5-6,10-11H2,1-4H3. The Morgan fingerprint density at radius 1 is 1.12 bits per heavy atom. The van der Waals surface area contributed by atoms with E-state index in [2.05, 4.69) is 0 Å². The van der Waals surface area contributed by atoms with E-state index in [0.29, 0.717) is 18.7 Å². The number of esters is 1. The van der Waals surface area contributed by atoms with Gasteiger partial charge in [-0.2, -0.15) is 0 Å². The van der Waals surface area contributed by atoms with E-state index >= 15 is 0 Å². The van der Waals surface area contributed by atoms with E-state index in [1.807, 2.05) is 13.8 Å². The normalized spacial score (nSPS) is 10.2. The molecule has 0 saturated heterocycles. The molecule has 0 aromatic heterocycles. The summed E-state index contributed by atoms with van der Waals surface area (Å²) in [5.74, 6) is -1.61. The van der Waals surface area contributed by atoms with Gasteiger partial charge in [0.15, 0.2) is 6.61 Å². The van der Waals surface area contributed by atoms with Crippen molar-refractivity contribution in [2.24, 2.45) is 0 Å². The topological polar surface area (TPSA) is 87.2 Å². The van der Waals surface area contributed by atoms with Crippen molar-refractivity contribution in [2.75, 3.05) is 33.3 Å². The van der Waals surface area contributed by atoms with Gasteiger partial charge in [-0.25, -0.2) is 4.79 Å². The number of nitrogens with zero attached hydrogens (tertiary/aromatic N) is 2. The molecule has 0 atom stereocenters. The first-order chi connectivity index (χ1) is 11.3. The highest BCUT2D eigenvalue weighted by Gasteiger charge is 2.19. The maximum atomic E-state index is 12.0. The molecule has 1 rings (SSSR count). The first kappa shape index (κ1) is 19.5. The molecule has 0 unspecified atom stereocenters. The minimum Gasteiger partial charge on any atom is -0.507 e. The summed E-state index contributed by atoms with van der Waals surface area (Å²) >= 11 is 0. The molecule has 1 aromatic rings. The van der Waals surface area contributed by atoms with Crippen LogP contribution in [-0.4, -0.2) is 66.0 Å². The number of hydrogen-bond acceptors (Lipinski definition) is 5. The Balaban J connectivity index is 2.57. The fraction of sp³-hybridized carbons (Fsp3) is 0.471. The van der Waals surface area contributed by atoms with Gasteiger partial charge in [0.2, 0.25) is 5.91 Å². The van der Waals surface area contributed by atoms with Gasteiger partial charge in [0.05, 0.1) is 6.54 Å². The van der Waals surface area contributed by atoms with Crippen LogP contribution in [0.1, 0.15) is 29.8 Å². The van der Waals surface area contributed by atoms with Crippen molar-refractivity contribution >= 4 is 17.8 Å². The molecule has 0 aliphatic carbocycles. The van der Waals surface area contributed by atoms with Crippen molar-refractivity contribution in [3.63, 3.8) is 0 Å². The maximum Gasteiger partial charge on any atom is 0.342 e. The Hall–Kier alpha value is -2.57. The first-order valence-electron chi connectivity index (χ1n) is 7.79. The Morgan fingerprint density at radius 3 is 2.33 bits per heavy atom. The maximum absolute atomic E-state index is 12.0. The molecule has 0 bridgehead atoms. The Kier molecular flexibility index (Phi) is 7.23. The molecule has 0 aliphatic rings. The minimum absolute atomic E-state index is 0.00432. The van der Waals surface area contributed by atoms with E-state index in [1.165, 1.54) is 18.0 Å². The minimum atomic E-state index is -0.784. The number of aromatic hydroxyl groups is 1. The highest BCUT2D eigenvalue weighted by atomic mass is 16.5. The molecule has 0 saturated carbocycles. The van der Waals surface area contributed by atoms with Crippen LogP contribution in [0.5, 0.6) is 5.75 Å². The van der Waals surface area contributed by atoms with Crippen molar-refractivity contribution in [1.82, 2.24) is 9.80 Å². The molecular formula is C17H24N2O5. The number of amides is 2. The van der Waals surface area contributed by atoms with Gasteiger partial charge in [0, 0.05) is 20.1 Å². The third-order valence-electron chi connectivity index (χ3n) is 3.70. The number of benzene rings is 1. The molecule has 0 aliphatic heterocycles. The number of phenolic OH excluding ortho intramolecular Hbond substituents is 1. The fourth-order valence-electron chi connectivity index (χ4n) is 2.11. The predicted molar refractivity (Wildman–Crippen MR) is 88.7 cm³/mol. The molecule has 0 spiro atoms. The Morgan fingerprint density at radius 2 is 1.75 bits per heavy atom. The van der Waals surface area contributed by atoms with Crippen LogP contribution in [0.3, 0.4) is 0 Å². The molecule has 0 radical (unpaired) electrons. The van der Waals surface area contributed by atoms with Crippen molar-refractivity contribution in [1.29, 1.82) is 0 Å². The van der Waals surface area contributed by atoms with E-state index in [1.54, 1.807) is 24.0 Å². The van der Waals surface area contributed by atoms with Gasteiger partial charge in [-0.1, -0.05) is 12.1 Å². The molecule has 2 amide bonds. The van der Waals surface area contributed by atoms with Gasteiger partial charge in [0.25, 0.3) is 5.91 Å². The van der Waals surface area contributed by atoms with Crippen LogP contribution in [-0.2, 0) is 14.3 Å². The molecule has 132 valence electrons. The number of hydrogen-bond donors (Lipinski definition) is 1. The van der Waals surface area contributed by atoms with Crippen molar-refractivity contribution in [2.45, 2.75) is 20.8 Å². The van der Waals surface area contributed by atoms with Gasteiger partial charge in [-0.05, 0) is 32.4 Å². The van der Waals surface area contributed by atoms with Gasteiger partial charge in [-0.15, -0.1) is 0 Å². The van der Waals surface area contributed by atoms with E-state index in [-0.39, 0.29) is 23.8 Å². The van der Waals surface area contributed by atoms with Crippen molar-refractivity contribution in [3.8, 4) is 5.75 Å². The molecule has 24 heavy (non-hydrogen) atoms. The van der Waals surface area contributed by atoms with E-state index in [4.69, 9.17) is 4.74 Å². The van der Waals surface area contributed by atoms with Crippen LogP contribution in [0.4, 0.5) is 0 Å². The largest absolute Gasteiger partial charge is 0.507 e. The summed E-state index contributed by atoms with van der Waals surface area (Å²) in [6.07, 6.45) is 0. The van der Waals surface area contributed by atoms with Gasteiger partial charge < -0.3 is 19.6 Å². The lowest BCUT2D eigenvalue weighted by atomic mass is 10.1. The Bertz CT molecular complexity index is 611. The highest BCUT2D eigenvalue weighted by Crippen LogP contribution is 2.21. The fourth-order valence-corrected chi connectivity index (χ4v) is 2.11. The molecule has 0 heterocycles. The van der Waals surface area contributed by atoms with Gasteiger partial charge >= 0.3 is 5.97 Å². The number of likely N-dealkylation sites (N-methyl/N-ethyl adjacent to an activating group) is 2. The van der Waals surface area contributed by atoms with Crippen molar-refractivity contribution in [3.05, 3.63) is 29.3 Å². The van der Waals surface area contributed by atoms with Crippen LogP contribution in [0.25, 0.3) is 0 Å². The molecule has 1 aromatic carbocycles. The lowest BCUT2D eigenvalue weighted by Crippen LogP contribution is -2.42. The summed E-state index contributed by atoms with van der Waals surface area (Å²) in [5, 5.41) is 9.83. The highest BCUT2D eigenvalue weighted by molar-refractivity contribution is 5.94. The summed E-state index contributed by atoms with van der Waals surface area (Å²) in [6.45, 7) is 5.95. The zero-order valence-electron chi connectivity index (χ0n) is 14.5. The molecular weight excluding hydrogens is 312 g/mol. The number of carbonyl (C=O) groups is 3. The summed E-state index contributed by atoms with van der Waals surface area (Å²) < 4.78 is 4.93. The van der Waals surface area contributed by atoms with Crippen LogP contribution in [0.15, 0.2) is 18.2 Å². The van der Waals surface area contributed by atoms with Crippen LogP contribution < -0.4 is 0 Å². The van der Waals surface area contributed by atoms with Crippen LogP contribution in [0, 0.1) is 6.92 Å². The average Bonchev–Trinajstić information content (AvgIpc) is 2.55. The van der Waals surface area contributed by atoms with Crippen LogP contribution >= 0.6 is 0 Å². The predicted octanol–water partition coefficient (Wildman–Crippen LogP) is 1.18. The summed E-state index contributed by atoms with van der Waals surface area (Å²) in [5.41, 5.74) is 0.544.